The number of aromatic nitrogens is 1. The zero-order chi connectivity index (χ0) is 29.3. The summed E-state index contributed by atoms with van der Waals surface area (Å²) in [6.45, 7) is 13.6. The van der Waals surface area contributed by atoms with Crippen molar-refractivity contribution >= 4 is 22.3 Å². The number of anilines is 2. The van der Waals surface area contributed by atoms with E-state index in [1.165, 1.54) is 12.0 Å². The Labute approximate surface area is 249 Å². The van der Waals surface area contributed by atoms with E-state index >= 15 is 0 Å². The molecule has 0 spiro atoms. The molecule has 6 heteroatoms. The van der Waals surface area contributed by atoms with Crippen LogP contribution in [-0.2, 0) is 5.41 Å². The maximum absolute atomic E-state index is 6.36. The number of ether oxygens (including phenoxy) is 3. The molecule has 0 saturated carbocycles. The van der Waals surface area contributed by atoms with Crippen molar-refractivity contribution < 1.29 is 14.2 Å². The first-order valence-electron chi connectivity index (χ1n) is 14.9. The maximum Gasteiger partial charge on any atom is 0.163 e. The van der Waals surface area contributed by atoms with Crippen molar-refractivity contribution in [2.24, 2.45) is 11.8 Å². The largest absolute Gasteiger partial charge is 0.493 e. The molecule has 0 radical (unpaired) electrons. The zero-order valence-corrected chi connectivity index (χ0v) is 25.1. The summed E-state index contributed by atoms with van der Waals surface area (Å²) < 4.78 is 18.4. The lowest BCUT2D eigenvalue weighted by Crippen LogP contribution is -2.54. The predicted molar refractivity (Wildman–Crippen MR) is 171 cm³/mol. The van der Waals surface area contributed by atoms with Gasteiger partial charge in [0.1, 0.15) is 18.1 Å². The molecule has 7 rings (SSSR count). The summed E-state index contributed by atoms with van der Waals surface area (Å²) in [5.74, 6) is 4.17. The Kier molecular flexibility index (Phi) is 7.82. The summed E-state index contributed by atoms with van der Waals surface area (Å²) in [5.41, 5.74) is 4.30. The highest BCUT2D eigenvalue weighted by Crippen LogP contribution is 2.40. The van der Waals surface area contributed by atoms with Crippen molar-refractivity contribution in [1.82, 2.24) is 9.88 Å². The number of rotatable bonds is 9. The lowest BCUT2D eigenvalue weighted by atomic mass is 9.76. The molecule has 218 valence electrons. The van der Waals surface area contributed by atoms with Crippen LogP contribution in [0.3, 0.4) is 0 Å². The number of hydrogen-bond acceptors (Lipinski definition) is 6. The molecule has 1 aromatic heterocycles. The van der Waals surface area contributed by atoms with Crippen LogP contribution >= 0.6 is 0 Å². The van der Waals surface area contributed by atoms with E-state index in [-0.39, 0.29) is 5.41 Å². The first-order chi connectivity index (χ1) is 20.3. The van der Waals surface area contributed by atoms with Crippen molar-refractivity contribution in [3.63, 3.8) is 0 Å². The Hall–Kier alpha value is -4.03. The molecule has 0 amide bonds. The van der Waals surface area contributed by atoms with Crippen LogP contribution in [0.2, 0.25) is 0 Å². The first kappa shape index (κ1) is 28.1. The Balaban J connectivity index is 1.14. The summed E-state index contributed by atoms with van der Waals surface area (Å²) in [7, 11) is 1.67. The maximum atomic E-state index is 6.36. The van der Waals surface area contributed by atoms with Gasteiger partial charge in [0, 0.05) is 41.6 Å². The van der Waals surface area contributed by atoms with E-state index < -0.39 is 0 Å². The first-order valence-corrected chi connectivity index (χ1v) is 14.9. The van der Waals surface area contributed by atoms with Crippen LogP contribution < -0.4 is 19.5 Å². The van der Waals surface area contributed by atoms with Crippen LogP contribution in [0.5, 0.6) is 23.0 Å². The number of benzene rings is 3. The molecule has 42 heavy (non-hydrogen) atoms. The summed E-state index contributed by atoms with van der Waals surface area (Å²) >= 11 is 0. The second-order valence-electron chi connectivity index (χ2n) is 12.6. The molecule has 3 fully saturated rings. The number of fused-ring (bicyclic) bond motifs is 4. The van der Waals surface area contributed by atoms with Crippen molar-refractivity contribution in [3.05, 3.63) is 91.1 Å². The second kappa shape index (κ2) is 11.7. The molecule has 3 aliphatic heterocycles. The molecule has 3 saturated heterocycles. The summed E-state index contributed by atoms with van der Waals surface area (Å²) in [6.07, 6.45) is 6.31. The standard InChI is InChI=1S/C36H41N3O3/c1-6-24-22-39-18-16-25(24)19-29(39)23-41-35-21-32-31(20-34(35)40-5)33(15-17-37-32)42-30-13-11-28(12-14-30)38-27-9-7-26(8-10-27)36(2,3)4/h6-15,17,20-21,24-25,29,38H,1,16,18-19,22-23H2,2-5H3. The molecule has 4 atom stereocenters. The molecule has 1 N–H and O–H groups in total. The van der Waals surface area contributed by atoms with Crippen LogP contribution in [-0.4, -0.2) is 42.7 Å². The van der Waals surface area contributed by atoms with Gasteiger partial charge in [-0.3, -0.25) is 9.88 Å². The molecule has 2 bridgehead atoms. The number of nitrogens with one attached hydrogen (secondary N) is 1. The molecule has 3 aliphatic rings. The van der Waals surface area contributed by atoms with Crippen molar-refractivity contribution in [3.8, 4) is 23.0 Å². The average Bonchev–Trinajstić information content (AvgIpc) is 3.00. The van der Waals surface area contributed by atoms with E-state index in [9.17, 15) is 0 Å². The molecular weight excluding hydrogens is 522 g/mol. The van der Waals surface area contributed by atoms with E-state index in [1.54, 1.807) is 13.3 Å². The SMILES string of the molecule is C=CC1CN2CCC1CC2COc1cc2nccc(Oc3ccc(Nc4ccc(C(C)(C)C)cc4)cc3)c2cc1OC. The monoisotopic (exact) mass is 563 g/mol. The van der Waals surface area contributed by atoms with Gasteiger partial charge >= 0.3 is 0 Å². The van der Waals surface area contributed by atoms with Gasteiger partial charge in [0.25, 0.3) is 0 Å². The lowest BCUT2D eigenvalue weighted by molar-refractivity contribution is -0.00179. The molecule has 4 aromatic rings. The Morgan fingerprint density at radius 3 is 2.36 bits per heavy atom. The summed E-state index contributed by atoms with van der Waals surface area (Å²) in [5, 5.41) is 4.34. The van der Waals surface area contributed by atoms with Crippen LogP contribution in [0.1, 0.15) is 39.2 Å². The van der Waals surface area contributed by atoms with E-state index in [0.717, 1.165) is 53.3 Å². The number of nitrogens with zero attached hydrogens (tertiary/aromatic N) is 2. The van der Waals surface area contributed by atoms with Crippen LogP contribution in [0.25, 0.3) is 10.9 Å². The highest BCUT2D eigenvalue weighted by Gasteiger charge is 2.39. The minimum atomic E-state index is 0.135. The van der Waals surface area contributed by atoms with Gasteiger partial charge in [0.05, 0.1) is 12.6 Å². The van der Waals surface area contributed by atoms with Gasteiger partial charge in [-0.15, -0.1) is 6.58 Å². The smallest absolute Gasteiger partial charge is 0.163 e. The Morgan fingerprint density at radius 1 is 0.976 bits per heavy atom. The normalized spacial score (nSPS) is 21.6. The van der Waals surface area contributed by atoms with Gasteiger partial charge < -0.3 is 19.5 Å². The highest BCUT2D eigenvalue weighted by molar-refractivity contribution is 5.88. The van der Waals surface area contributed by atoms with Gasteiger partial charge in [-0.1, -0.05) is 39.0 Å². The van der Waals surface area contributed by atoms with Crippen LogP contribution in [0, 0.1) is 11.8 Å². The molecule has 4 unspecified atom stereocenters. The minimum Gasteiger partial charge on any atom is -0.493 e. The Bertz CT molecular complexity index is 1540. The van der Waals surface area contributed by atoms with Crippen LogP contribution in [0.4, 0.5) is 11.4 Å². The second-order valence-corrected chi connectivity index (χ2v) is 12.6. The minimum absolute atomic E-state index is 0.135. The van der Waals surface area contributed by atoms with Gasteiger partial charge in [0.15, 0.2) is 11.5 Å². The van der Waals surface area contributed by atoms with E-state index in [4.69, 9.17) is 14.2 Å². The molecule has 0 aliphatic carbocycles. The van der Waals surface area contributed by atoms with Gasteiger partial charge in [-0.25, -0.2) is 0 Å². The number of hydrogen-bond donors (Lipinski definition) is 1. The van der Waals surface area contributed by atoms with E-state index in [1.807, 2.05) is 42.5 Å². The lowest BCUT2D eigenvalue weighted by Gasteiger charge is -2.48. The van der Waals surface area contributed by atoms with Gasteiger partial charge in [-0.05, 0) is 90.7 Å². The molecular formula is C36H41N3O3. The van der Waals surface area contributed by atoms with Crippen molar-refractivity contribution in [2.45, 2.75) is 45.1 Å². The van der Waals surface area contributed by atoms with E-state index in [0.29, 0.717) is 36.0 Å². The summed E-state index contributed by atoms with van der Waals surface area (Å²) in [4.78, 5) is 7.16. The molecule has 6 nitrogen and oxygen atoms in total. The van der Waals surface area contributed by atoms with Gasteiger partial charge in [0.2, 0.25) is 0 Å². The zero-order valence-electron chi connectivity index (χ0n) is 25.1. The molecule has 4 heterocycles. The van der Waals surface area contributed by atoms with Crippen LogP contribution in [0.15, 0.2) is 85.6 Å². The third kappa shape index (κ3) is 5.95. The fourth-order valence-electron chi connectivity index (χ4n) is 6.25. The quantitative estimate of drug-likeness (QED) is 0.207. The highest BCUT2D eigenvalue weighted by atomic mass is 16.5. The van der Waals surface area contributed by atoms with E-state index in [2.05, 4.69) is 72.9 Å². The average molecular weight is 564 g/mol. The molecule has 3 aromatic carbocycles. The Morgan fingerprint density at radius 2 is 1.71 bits per heavy atom. The fraction of sp³-hybridized carbons (Fsp3) is 0.361. The fourth-order valence-corrected chi connectivity index (χ4v) is 6.25. The number of methoxy groups -OCH3 is 1. The van der Waals surface area contributed by atoms with Crippen molar-refractivity contribution in [1.29, 1.82) is 0 Å². The topological polar surface area (TPSA) is 55.9 Å². The predicted octanol–water partition coefficient (Wildman–Crippen LogP) is 8.35. The number of pyridine rings is 1. The van der Waals surface area contributed by atoms with Gasteiger partial charge in [-0.2, -0.15) is 0 Å². The third-order valence-electron chi connectivity index (χ3n) is 8.77. The van der Waals surface area contributed by atoms with Crippen molar-refractivity contribution in [2.75, 3.05) is 32.1 Å². The third-order valence-corrected chi connectivity index (χ3v) is 8.77. The number of piperidine rings is 3. The summed E-state index contributed by atoms with van der Waals surface area (Å²) in [6, 6.07) is 22.8.